The zero-order valence-electron chi connectivity index (χ0n) is 15.4. The Hall–Kier alpha value is -1.53. The van der Waals surface area contributed by atoms with Crippen molar-refractivity contribution in [2.75, 3.05) is 39.1 Å². The lowest BCUT2D eigenvalue weighted by atomic mass is 9.83. The number of carbonyl (C=O) groups is 2. The first kappa shape index (κ1) is 19.2. The molecule has 2 amide bonds. The average molecular weight is 377 g/mol. The first-order valence-corrected chi connectivity index (χ1v) is 10.4. The molecular weight excluding hydrogens is 348 g/mol. The van der Waals surface area contributed by atoms with E-state index in [0.717, 1.165) is 43.8 Å². The molecule has 0 spiro atoms. The second-order valence-corrected chi connectivity index (χ2v) is 8.08. The third-order valence-electron chi connectivity index (χ3n) is 5.35. The number of benzene rings is 1. The van der Waals surface area contributed by atoms with Crippen molar-refractivity contribution < 1.29 is 14.3 Å². The number of likely N-dealkylation sites (tertiary alicyclic amines) is 2. The van der Waals surface area contributed by atoms with Gasteiger partial charge in [0.1, 0.15) is 0 Å². The lowest BCUT2D eigenvalue weighted by Gasteiger charge is -2.47. The highest BCUT2D eigenvalue weighted by molar-refractivity contribution is 8.00. The Labute approximate surface area is 160 Å². The predicted molar refractivity (Wildman–Crippen MR) is 103 cm³/mol. The van der Waals surface area contributed by atoms with Crippen molar-refractivity contribution in [3.05, 3.63) is 30.3 Å². The molecule has 2 atom stereocenters. The van der Waals surface area contributed by atoms with Gasteiger partial charge in [-0.15, -0.1) is 11.8 Å². The van der Waals surface area contributed by atoms with Crippen molar-refractivity contribution in [1.29, 1.82) is 0 Å². The topological polar surface area (TPSA) is 49.9 Å². The van der Waals surface area contributed by atoms with E-state index in [-0.39, 0.29) is 11.8 Å². The molecule has 0 aromatic heterocycles. The Balaban J connectivity index is 1.52. The fraction of sp³-hybridized carbons (Fsp3) is 0.600. The molecule has 6 heteroatoms. The number of amides is 2. The molecule has 26 heavy (non-hydrogen) atoms. The molecule has 0 saturated carbocycles. The first-order valence-electron chi connectivity index (χ1n) is 9.43. The minimum atomic E-state index is 0.208. The van der Waals surface area contributed by atoms with Gasteiger partial charge in [0.15, 0.2) is 0 Å². The van der Waals surface area contributed by atoms with Crippen LogP contribution in [0, 0.1) is 5.92 Å². The molecular formula is C20H28N2O3S. The minimum Gasteiger partial charge on any atom is -0.385 e. The highest BCUT2D eigenvalue weighted by atomic mass is 32.2. The van der Waals surface area contributed by atoms with E-state index in [2.05, 4.69) is 0 Å². The van der Waals surface area contributed by atoms with E-state index in [4.69, 9.17) is 4.74 Å². The summed E-state index contributed by atoms with van der Waals surface area (Å²) in [6.07, 6.45) is 3.28. The Morgan fingerprint density at radius 2 is 2.08 bits per heavy atom. The van der Waals surface area contributed by atoms with Gasteiger partial charge in [0, 0.05) is 50.7 Å². The zero-order valence-corrected chi connectivity index (χ0v) is 16.2. The molecule has 0 N–H and O–H groups in total. The van der Waals surface area contributed by atoms with Crippen LogP contribution in [0.3, 0.4) is 0 Å². The molecule has 1 aromatic rings. The first-order chi connectivity index (χ1) is 12.7. The van der Waals surface area contributed by atoms with Gasteiger partial charge in [0.2, 0.25) is 11.8 Å². The smallest absolute Gasteiger partial charge is 0.232 e. The number of rotatable bonds is 7. The van der Waals surface area contributed by atoms with Crippen LogP contribution >= 0.6 is 11.8 Å². The van der Waals surface area contributed by atoms with Crippen molar-refractivity contribution >= 4 is 23.6 Å². The van der Waals surface area contributed by atoms with Crippen LogP contribution < -0.4 is 0 Å². The van der Waals surface area contributed by atoms with Crippen LogP contribution in [-0.2, 0) is 14.3 Å². The third-order valence-corrected chi connectivity index (χ3v) is 6.35. The van der Waals surface area contributed by atoms with Gasteiger partial charge in [-0.2, -0.15) is 0 Å². The van der Waals surface area contributed by atoms with Crippen molar-refractivity contribution in [3.63, 3.8) is 0 Å². The molecule has 142 valence electrons. The van der Waals surface area contributed by atoms with Gasteiger partial charge in [0.05, 0.1) is 5.75 Å². The third kappa shape index (κ3) is 4.80. The van der Waals surface area contributed by atoms with Crippen LogP contribution in [0.1, 0.15) is 25.7 Å². The molecule has 5 nitrogen and oxygen atoms in total. The van der Waals surface area contributed by atoms with Crippen LogP contribution in [0.4, 0.5) is 0 Å². The normalized spacial score (nSPS) is 23.0. The number of ether oxygens (including phenoxy) is 1. The molecule has 3 rings (SSSR count). The van der Waals surface area contributed by atoms with E-state index in [1.54, 1.807) is 18.9 Å². The van der Waals surface area contributed by atoms with E-state index >= 15 is 0 Å². The van der Waals surface area contributed by atoms with Crippen LogP contribution in [0.25, 0.3) is 0 Å². The Morgan fingerprint density at radius 3 is 2.85 bits per heavy atom. The summed E-state index contributed by atoms with van der Waals surface area (Å²) in [6, 6.07) is 10.3. The summed E-state index contributed by atoms with van der Waals surface area (Å²) in [6.45, 7) is 2.99. The summed E-state index contributed by atoms with van der Waals surface area (Å²) in [5, 5.41) is 0. The van der Waals surface area contributed by atoms with Crippen LogP contribution in [0.2, 0.25) is 0 Å². The molecule has 2 aliphatic rings. The fourth-order valence-electron chi connectivity index (χ4n) is 4.00. The number of nitrogens with zero attached hydrogens (tertiary/aromatic N) is 2. The average Bonchev–Trinajstić information content (AvgIpc) is 2.68. The second kappa shape index (κ2) is 9.42. The number of piperidine rings is 2. The Bertz CT molecular complexity index is 610. The van der Waals surface area contributed by atoms with Crippen molar-refractivity contribution in [3.8, 4) is 0 Å². The standard InChI is InChI=1S/C20H28N2O3S/c1-25-13-5-11-22-18-10-12-21(14-16(18)8-9-19(22)23)20(24)15-26-17-6-3-2-4-7-17/h2-4,6-7,16,18H,5,8-15H2,1H3/t16-,18+/m0/s1. The van der Waals surface area contributed by atoms with Crippen LogP contribution in [0.5, 0.6) is 0 Å². The number of hydrogen-bond acceptors (Lipinski definition) is 4. The number of carbonyl (C=O) groups excluding carboxylic acids is 2. The lowest BCUT2D eigenvalue weighted by molar-refractivity contribution is -0.143. The summed E-state index contributed by atoms with van der Waals surface area (Å²) in [7, 11) is 1.69. The largest absolute Gasteiger partial charge is 0.385 e. The zero-order chi connectivity index (χ0) is 18.4. The molecule has 2 fully saturated rings. The molecule has 2 saturated heterocycles. The summed E-state index contributed by atoms with van der Waals surface area (Å²) in [5.74, 6) is 1.37. The summed E-state index contributed by atoms with van der Waals surface area (Å²) in [5.41, 5.74) is 0. The van der Waals surface area contributed by atoms with E-state index < -0.39 is 0 Å². The summed E-state index contributed by atoms with van der Waals surface area (Å²) in [4.78, 5) is 30.1. The van der Waals surface area contributed by atoms with Crippen LogP contribution in [0.15, 0.2) is 35.2 Å². The fourth-order valence-corrected chi connectivity index (χ4v) is 4.82. The van der Waals surface area contributed by atoms with Gasteiger partial charge in [-0.1, -0.05) is 18.2 Å². The molecule has 0 unspecified atom stereocenters. The Morgan fingerprint density at radius 1 is 1.27 bits per heavy atom. The highest BCUT2D eigenvalue weighted by Crippen LogP contribution is 2.32. The predicted octanol–water partition coefficient (Wildman–Crippen LogP) is 2.65. The van der Waals surface area contributed by atoms with E-state index in [0.29, 0.717) is 30.7 Å². The number of hydrogen-bond donors (Lipinski definition) is 0. The van der Waals surface area contributed by atoms with Crippen LogP contribution in [-0.4, -0.2) is 66.8 Å². The van der Waals surface area contributed by atoms with Crippen molar-refractivity contribution in [1.82, 2.24) is 9.80 Å². The molecule has 2 aliphatic heterocycles. The summed E-state index contributed by atoms with van der Waals surface area (Å²) >= 11 is 1.60. The molecule has 0 radical (unpaired) electrons. The molecule has 0 aliphatic carbocycles. The monoisotopic (exact) mass is 376 g/mol. The number of fused-ring (bicyclic) bond motifs is 1. The SMILES string of the molecule is COCCCN1C(=O)CC[C@H]2CN(C(=O)CSc3ccccc3)CC[C@H]21. The number of thioether (sulfide) groups is 1. The molecule has 0 bridgehead atoms. The van der Waals surface area contributed by atoms with Gasteiger partial charge in [-0.3, -0.25) is 9.59 Å². The van der Waals surface area contributed by atoms with Gasteiger partial charge in [0.25, 0.3) is 0 Å². The molecule has 2 heterocycles. The maximum absolute atomic E-state index is 12.6. The van der Waals surface area contributed by atoms with Gasteiger partial charge in [-0.25, -0.2) is 0 Å². The lowest BCUT2D eigenvalue weighted by Crippen LogP contribution is -2.57. The van der Waals surface area contributed by atoms with Crippen molar-refractivity contribution in [2.24, 2.45) is 5.92 Å². The van der Waals surface area contributed by atoms with Gasteiger partial charge >= 0.3 is 0 Å². The summed E-state index contributed by atoms with van der Waals surface area (Å²) < 4.78 is 5.12. The van der Waals surface area contributed by atoms with E-state index in [1.807, 2.05) is 40.1 Å². The maximum atomic E-state index is 12.6. The van der Waals surface area contributed by atoms with Crippen molar-refractivity contribution in [2.45, 2.75) is 36.6 Å². The maximum Gasteiger partial charge on any atom is 0.232 e. The van der Waals surface area contributed by atoms with Gasteiger partial charge < -0.3 is 14.5 Å². The van der Waals surface area contributed by atoms with E-state index in [9.17, 15) is 9.59 Å². The highest BCUT2D eigenvalue weighted by Gasteiger charge is 2.39. The second-order valence-electron chi connectivity index (χ2n) is 7.03. The molecule has 1 aromatic carbocycles. The van der Waals surface area contributed by atoms with Gasteiger partial charge in [-0.05, 0) is 37.3 Å². The quantitative estimate of drug-likeness (QED) is 0.542. The number of methoxy groups -OCH3 is 1. The Kier molecular flexibility index (Phi) is 6.97. The minimum absolute atomic E-state index is 0.208. The van der Waals surface area contributed by atoms with E-state index in [1.165, 1.54) is 0 Å².